The molecule has 0 aliphatic carbocycles. The number of hydrogen-bond donors (Lipinski definition) is 0. The molecular weight excluding hydrogens is 348 g/mol. The van der Waals surface area contributed by atoms with Gasteiger partial charge in [-0.2, -0.15) is 0 Å². The van der Waals surface area contributed by atoms with Gasteiger partial charge in [-0.1, -0.05) is 42.5 Å². The van der Waals surface area contributed by atoms with Crippen LogP contribution in [0, 0.1) is 0 Å². The van der Waals surface area contributed by atoms with Crippen molar-refractivity contribution in [1.82, 2.24) is 4.98 Å². The Kier molecular flexibility index (Phi) is 3.26. The molecule has 0 N–H and O–H groups in total. The summed E-state index contributed by atoms with van der Waals surface area (Å²) >= 11 is 1.35. The Morgan fingerprint density at radius 1 is 1.00 bits per heavy atom. The Hall–Kier alpha value is -3.25. The summed E-state index contributed by atoms with van der Waals surface area (Å²) in [7, 11) is 0. The zero-order chi connectivity index (χ0) is 17.7. The first kappa shape index (κ1) is 15.0. The monoisotopic (exact) mass is 360 g/mol. The number of benzene rings is 2. The molecule has 0 bridgehead atoms. The SMILES string of the molecule is O=C1c2oc3ccccc3c(=O)c2[C@@H](c2ccccc2)N1c1nccs1. The van der Waals surface area contributed by atoms with E-state index in [-0.39, 0.29) is 17.1 Å². The Bertz CT molecular complexity index is 1180. The molecule has 1 aliphatic rings. The van der Waals surface area contributed by atoms with Crippen LogP contribution in [0.25, 0.3) is 11.0 Å². The third-order valence-electron chi connectivity index (χ3n) is 4.52. The van der Waals surface area contributed by atoms with Crippen molar-refractivity contribution in [3.05, 3.63) is 93.3 Å². The van der Waals surface area contributed by atoms with Crippen molar-refractivity contribution >= 4 is 33.3 Å². The summed E-state index contributed by atoms with van der Waals surface area (Å²) in [6, 6.07) is 15.9. The quantitative estimate of drug-likeness (QED) is 0.542. The van der Waals surface area contributed by atoms with Crippen LogP contribution in [-0.2, 0) is 0 Å². The molecule has 5 rings (SSSR count). The predicted molar refractivity (Wildman–Crippen MR) is 99.7 cm³/mol. The lowest BCUT2D eigenvalue weighted by atomic mass is 9.99. The van der Waals surface area contributed by atoms with Gasteiger partial charge in [0, 0.05) is 11.6 Å². The summed E-state index contributed by atoms with van der Waals surface area (Å²) in [6.45, 7) is 0. The van der Waals surface area contributed by atoms with E-state index in [0.717, 1.165) is 5.56 Å². The van der Waals surface area contributed by atoms with E-state index in [1.165, 1.54) is 11.3 Å². The van der Waals surface area contributed by atoms with Crippen LogP contribution in [0.5, 0.6) is 0 Å². The number of aromatic nitrogens is 1. The van der Waals surface area contributed by atoms with Gasteiger partial charge in [-0.05, 0) is 17.7 Å². The van der Waals surface area contributed by atoms with Gasteiger partial charge in [0.25, 0.3) is 5.91 Å². The van der Waals surface area contributed by atoms with E-state index < -0.39 is 6.04 Å². The molecule has 0 saturated carbocycles. The lowest BCUT2D eigenvalue weighted by molar-refractivity contribution is 0.0971. The molecule has 6 heteroatoms. The molecule has 2 aromatic heterocycles. The fraction of sp³-hybridized carbons (Fsp3) is 0.0500. The second-order valence-corrected chi connectivity index (χ2v) is 6.85. The molecule has 0 saturated heterocycles. The number of hydrogen-bond acceptors (Lipinski definition) is 5. The molecule has 1 aliphatic heterocycles. The summed E-state index contributed by atoms with van der Waals surface area (Å²) in [6.07, 6.45) is 1.64. The predicted octanol–water partition coefficient (Wildman–Crippen LogP) is 4.00. The van der Waals surface area contributed by atoms with E-state index >= 15 is 0 Å². The molecule has 0 radical (unpaired) electrons. The van der Waals surface area contributed by atoms with Gasteiger partial charge in [-0.25, -0.2) is 4.98 Å². The third-order valence-corrected chi connectivity index (χ3v) is 5.29. The maximum Gasteiger partial charge on any atom is 0.297 e. The summed E-state index contributed by atoms with van der Waals surface area (Å²) in [5, 5.41) is 2.82. The van der Waals surface area contributed by atoms with E-state index in [1.54, 1.807) is 40.7 Å². The van der Waals surface area contributed by atoms with Crippen molar-refractivity contribution in [3.8, 4) is 0 Å². The first-order chi connectivity index (χ1) is 12.8. The smallest absolute Gasteiger partial charge is 0.297 e. The molecule has 0 spiro atoms. The number of rotatable bonds is 2. The van der Waals surface area contributed by atoms with Gasteiger partial charge in [0.15, 0.2) is 10.6 Å². The van der Waals surface area contributed by atoms with Crippen LogP contribution in [0.4, 0.5) is 5.13 Å². The second-order valence-electron chi connectivity index (χ2n) is 5.97. The molecule has 1 amide bonds. The maximum absolute atomic E-state index is 13.2. The molecule has 126 valence electrons. The number of amides is 1. The van der Waals surface area contributed by atoms with E-state index in [9.17, 15) is 9.59 Å². The standard InChI is InChI=1S/C20H12N2O3S/c23-17-13-8-4-5-9-14(13)25-18-15(17)16(12-6-2-1-3-7-12)22(19(18)24)20-21-10-11-26-20/h1-11,16H/t16-/m1/s1. The van der Waals surface area contributed by atoms with Crippen LogP contribution in [0.1, 0.15) is 27.7 Å². The molecule has 4 aromatic rings. The molecule has 5 nitrogen and oxygen atoms in total. The minimum atomic E-state index is -0.550. The van der Waals surface area contributed by atoms with Gasteiger partial charge >= 0.3 is 0 Å². The number of nitrogens with zero attached hydrogens (tertiary/aromatic N) is 2. The highest BCUT2D eigenvalue weighted by Gasteiger charge is 2.44. The Morgan fingerprint density at radius 3 is 2.54 bits per heavy atom. The third kappa shape index (κ3) is 2.06. The zero-order valence-corrected chi connectivity index (χ0v) is 14.3. The minimum absolute atomic E-state index is 0.0951. The molecule has 26 heavy (non-hydrogen) atoms. The Balaban J connectivity index is 1.85. The summed E-state index contributed by atoms with van der Waals surface area (Å²) in [5.74, 6) is -0.246. The van der Waals surface area contributed by atoms with Crippen LogP contribution >= 0.6 is 11.3 Å². The van der Waals surface area contributed by atoms with Crippen LogP contribution in [0.3, 0.4) is 0 Å². The van der Waals surface area contributed by atoms with Crippen LogP contribution in [-0.4, -0.2) is 10.9 Å². The number of para-hydroxylation sites is 1. The summed E-state index contributed by atoms with van der Waals surface area (Å²) in [4.78, 5) is 32.2. The average molecular weight is 360 g/mol. The van der Waals surface area contributed by atoms with Gasteiger partial charge in [0.05, 0.1) is 17.0 Å². The Labute approximate surface area is 152 Å². The molecule has 3 heterocycles. The van der Waals surface area contributed by atoms with Crippen LogP contribution in [0.2, 0.25) is 0 Å². The molecule has 2 aromatic carbocycles. The first-order valence-electron chi connectivity index (χ1n) is 8.09. The zero-order valence-electron chi connectivity index (χ0n) is 13.5. The van der Waals surface area contributed by atoms with Crippen molar-refractivity contribution in [2.45, 2.75) is 6.04 Å². The summed E-state index contributed by atoms with van der Waals surface area (Å²) < 4.78 is 5.86. The highest BCUT2D eigenvalue weighted by atomic mass is 32.1. The van der Waals surface area contributed by atoms with Crippen molar-refractivity contribution < 1.29 is 9.21 Å². The lowest BCUT2D eigenvalue weighted by Crippen LogP contribution is -2.29. The maximum atomic E-state index is 13.2. The average Bonchev–Trinajstić information content (AvgIpc) is 3.30. The van der Waals surface area contributed by atoms with E-state index in [1.807, 2.05) is 30.3 Å². The van der Waals surface area contributed by atoms with E-state index in [4.69, 9.17) is 4.42 Å². The lowest BCUT2D eigenvalue weighted by Gasteiger charge is -2.22. The largest absolute Gasteiger partial charge is 0.450 e. The normalized spacial score (nSPS) is 16.2. The van der Waals surface area contributed by atoms with Crippen molar-refractivity contribution in [2.24, 2.45) is 0 Å². The molecular formula is C20H12N2O3S. The Morgan fingerprint density at radius 2 is 1.77 bits per heavy atom. The van der Waals surface area contributed by atoms with Crippen molar-refractivity contribution in [3.63, 3.8) is 0 Å². The van der Waals surface area contributed by atoms with Crippen LogP contribution in [0.15, 0.2) is 75.4 Å². The second kappa shape index (κ2) is 5.64. The van der Waals surface area contributed by atoms with Crippen molar-refractivity contribution in [1.29, 1.82) is 0 Å². The summed E-state index contributed by atoms with van der Waals surface area (Å²) in [5.41, 5.74) is 1.45. The highest BCUT2D eigenvalue weighted by molar-refractivity contribution is 7.13. The minimum Gasteiger partial charge on any atom is -0.450 e. The molecule has 1 atom stereocenters. The molecule has 0 unspecified atom stereocenters. The fourth-order valence-corrected chi connectivity index (χ4v) is 4.07. The van der Waals surface area contributed by atoms with Gasteiger partial charge in [0.2, 0.25) is 5.76 Å². The van der Waals surface area contributed by atoms with E-state index in [0.29, 0.717) is 21.7 Å². The number of carbonyl (C=O) groups excluding carboxylic acids is 1. The number of fused-ring (bicyclic) bond motifs is 2. The fourth-order valence-electron chi connectivity index (χ4n) is 3.40. The van der Waals surface area contributed by atoms with Crippen molar-refractivity contribution in [2.75, 3.05) is 4.90 Å². The number of thiazole rings is 1. The first-order valence-corrected chi connectivity index (χ1v) is 8.97. The highest BCUT2D eigenvalue weighted by Crippen LogP contribution is 2.41. The number of carbonyl (C=O) groups is 1. The van der Waals surface area contributed by atoms with E-state index in [2.05, 4.69) is 4.98 Å². The van der Waals surface area contributed by atoms with Gasteiger partial charge in [-0.15, -0.1) is 11.3 Å². The molecule has 0 fully saturated rings. The van der Waals surface area contributed by atoms with Gasteiger partial charge in [-0.3, -0.25) is 14.5 Å². The number of anilines is 1. The van der Waals surface area contributed by atoms with Gasteiger partial charge in [0.1, 0.15) is 5.58 Å². The van der Waals surface area contributed by atoms with Crippen LogP contribution < -0.4 is 10.3 Å². The topological polar surface area (TPSA) is 63.4 Å². The van der Waals surface area contributed by atoms with Gasteiger partial charge < -0.3 is 4.42 Å².